The molecule has 0 heterocycles. The molecule has 3 aromatic rings. The number of aryl methyl sites for hydroxylation is 1. The zero-order chi connectivity index (χ0) is 16.8. The van der Waals surface area contributed by atoms with E-state index in [9.17, 15) is 4.79 Å². The minimum Gasteiger partial charge on any atom is -0.294 e. The van der Waals surface area contributed by atoms with Crippen LogP contribution in [0.25, 0.3) is 0 Å². The van der Waals surface area contributed by atoms with E-state index in [0.29, 0.717) is 5.56 Å². The molecule has 0 unspecified atom stereocenters. The molecule has 0 fully saturated rings. The molecule has 0 saturated carbocycles. The maximum atomic E-state index is 12.6. The van der Waals surface area contributed by atoms with Crippen molar-refractivity contribution in [1.29, 1.82) is 0 Å². The Kier molecular flexibility index (Phi) is 4.97. The quantitative estimate of drug-likeness (QED) is 0.459. The van der Waals surface area contributed by atoms with Gasteiger partial charge in [-0.3, -0.25) is 9.79 Å². The minimum absolute atomic E-state index is 0.0773. The van der Waals surface area contributed by atoms with Gasteiger partial charge in [-0.05, 0) is 30.2 Å². The third-order valence-electron chi connectivity index (χ3n) is 3.90. The Labute approximate surface area is 142 Å². The van der Waals surface area contributed by atoms with Crippen LogP contribution in [0.2, 0.25) is 0 Å². The summed E-state index contributed by atoms with van der Waals surface area (Å²) in [5, 5.41) is 0. The largest absolute Gasteiger partial charge is 0.294 e. The lowest BCUT2D eigenvalue weighted by Crippen LogP contribution is -2.11. The van der Waals surface area contributed by atoms with Gasteiger partial charge in [-0.15, -0.1) is 0 Å². The van der Waals surface area contributed by atoms with Gasteiger partial charge in [0.05, 0.1) is 17.8 Å². The first-order valence-corrected chi connectivity index (χ1v) is 8.01. The van der Waals surface area contributed by atoms with Gasteiger partial charge in [0, 0.05) is 5.56 Å². The number of ketones is 1. The van der Waals surface area contributed by atoms with Crippen LogP contribution in [0.4, 0.5) is 5.69 Å². The van der Waals surface area contributed by atoms with Crippen molar-refractivity contribution in [2.24, 2.45) is 4.99 Å². The van der Waals surface area contributed by atoms with E-state index in [1.807, 2.05) is 91.9 Å². The van der Waals surface area contributed by atoms with E-state index in [1.165, 1.54) is 0 Å². The maximum absolute atomic E-state index is 12.6. The average molecular weight is 313 g/mol. The average Bonchev–Trinajstić information content (AvgIpc) is 2.63. The molecule has 2 nitrogen and oxygen atoms in total. The molecule has 0 aliphatic heterocycles. The van der Waals surface area contributed by atoms with Crippen LogP contribution in [-0.4, -0.2) is 11.5 Å². The summed E-state index contributed by atoms with van der Waals surface area (Å²) >= 11 is 0. The van der Waals surface area contributed by atoms with Crippen molar-refractivity contribution >= 4 is 17.2 Å². The summed E-state index contributed by atoms with van der Waals surface area (Å²) in [7, 11) is 0. The molecule has 2 heteroatoms. The second-order valence-electron chi connectivity index (χ2n) is 5.67. The van der Waals surface area contributed by atoms with E-state index >= 15 is 0 Å². The molecule has 0 radical (unpaired) electrons. The number of nitrogens with zero attached hydrogens (tertiary/aromatic N) is 1. The first kappa shape index (κ1) is 15.9. The molecule has 0 N–H and O–H groups in total. The predicted molar refractivity (Wildman–Crippen MR) is 99.2 cm³/mol. The zero-order valence-electron chi connectivity index (χ0n) is 13.6. The molecule has 0 aromatic heterocycles. The first-order chi connectivity index (χ1) is 11.7. The number of rotatable bonds is 5. The highest BCUT2D eigenvalue weighted by molar-refractivity contribution is 6.16. The van der Waals surface area contributed by atoms with Crippen LogP contribution in [0.1, 0.15) is 27.9 Å². The number of hydrogen-bond donors (Lipinski definition) is 0. The number of aliphatic imine (C=N–C) groups is 1. The fourth-order valence-corrected chi connectivity index (χ4v) is 2.63. The molecule has 0 aliphatic carbocycles. The lowest BCUT2D eigenvalue weighted by molar-refractivity contribution is 0.100. The second kappa shape index (κ2) is 7.51. The Morgan fingerprint density at radius 2 is 1.38 bits per heavy atom. The third kappa shape index (κ3) is 3.85. The lowest BCUT2D eigenvalue weighted by atomic mass is 9.97. The Morgan fingerprint density at radius 3 is 2.04 bits per heavy atom. The van der Waals surface area contributed by atoms with Crippen LogP contribution in [0.15, 0.2) is 89.9 Å². The highest BCUT2D eigenvalue weighted by atomic mass is 16.1. The van der Waals surface area contributed by atoms with Gasteiger partial charge in [-0.25, -0.2) is 0 Å². The molecule has 3 rings (SSSR count). The molecule has 0 amide bonds. The van der Waals surface area contributed by atoms with E-state index < -0.39 is 0 Å². The van der Waals surface area contributed by atoms with Crippen LogP contribution < -0.4 is 0 Å². The van der Waals surface area contributed by atoms with Crippen molar-refractivity contribution < 1.29 is 4.79 Å². The fourth-order valence-electron chi connectivity index (χ4n) is 2.63. The summed E-state index contributed by atoms with van der Waals surface area (Å²) in [6, 6.07) is 27.2. The zero-order valence-corrected chi connectivity index (χ0v) is 13.6. The van der Waals surface area contributed by atoms with Gasteiger partial charge in [-0.2, -0.15) is 0 Å². The Bertz CT molecular complexity index is 851. The molecule has 0 bridgehead atoms. The van der Waals surface area contributed by atoms with E-state index in [0.717, 1.165) is 22.5 Å². The third-order valence-corrected chi connectivity index (χ3v) is 3.90. The van der Waals surface area contributed by atoms with Crippen LogP contribution in [-0.2, 0) is 0 Å². The van der Waals surface area contributed by atoms with Crippen molar-refractivity contribution in [3.05, 3.63) is 102 Å². The molecule has 118 valence electrons. The second-order valence-corrected chi connectivity index (χ2v) is 5.67. The first-order valence-electron chi connectivity index (χ1n) is 8.01. The predicted octanol–water partition coefficient (Wildman–Crippen LogP) is 5.39. The van der Waals surface area contributed by atoms with Crippen LogP contribution in [0.5, 0.6) is 0 Å². The van der Waals surface area contributed by atoms with Gasteiger partial charge < -0.3 is 0 Å². The van der Waals surface area contributed by atoms with Crippen LogP contribution in [0, 0.1) is 6.92 Å². The Hall–Kier alpha value is -3.00. The van der Waals surface area contributed by atoms with Gasteiger partial charge in [0.15, 0.2) is 5.78 Å². The monoisotopic (exact) mass is 313 g/mol. The number of carbonyl (C=O) groups excluding carboxylic acids is 1. The molecule has 24 heavy (non-hydrogen) atoms. The lowest BCUT2D eigenvalue weighted by Gasteiger charge is -2.10. The maximum Gasteiger partial charge on any atom is 0.168 e. The van der Waals surface area contributed by atoms with E-state index in [-0.39, 0.29) is 12.2 Å². The van der Waals surface area contributed by atoms with Gasteiger partial charge in [0.1, 0.15) is 0 Å². The molecule has 0 spiro atoms. The summed E-state index contributed by atoms with van der Waals surface area (Å²) in [4.78, 5) is 17.4. The van der Waals surface area contributed by atoms with Gasteiger partial charge in [0.2, 0.25) is 0 Å². The van der Waals surface area contributed by atoms with E-state index in [1.54, 1.807) is 0 Å². The summed E-state index contributed by atoms with van der Waals surface area (Å²) in [6.07, 6.45) is 0.282. The summed E-state index contributed by atoms with van der Waals surface area (Å²) in [6.45, 7) is 2.04. The Morgan fingerprint density at radius 1 is 0.792 bits per heavy atom. The molecule has 3 aromatic carbocycles. The number of hydrogen-bond acceptors (Lipinski definition) is 2. The topological polar surface area (TPSA) is 29.4 Å². The fraction of sp³-hybridized carbons (Fsp3) is 0.0909. The Balaban J connectivity index is 1.98. The van der Waals surface area contributed by atoms with E-state index in [2.05, 4.69) is 0 Å². The van der Waals surface area contributed by atoms with Crippen molar-refractivity contribution in [3.63, 3.8) is 0 Å². The normalized spacial score (nSPS) is 11.3. The number of carbonyl (C=O) groups is 1. The van der Waals surface area contributed by atoms with Crippen molar-refractivity contribution in [1.82, 2.24) is 0 Å². The SMILES string of the molecule is Cc1ccccc1C(CC(=O)c1ccccc1)=Nc1ccccc1. The highest BCUT2D eigenvalue weighted by Gasteiger charge is 2.13. The molecule has 0 saturated heterocycles. The van der Waals surface area contributed by atoms with Crippen LogP contribution >= 0.6 is 0 Å². The van der Waals surface area contributed by atoms with Crippen molar-refractivity contribution in [2.45, 2.75) is 13.3 Å². The van der Waals surface area contributed by atoms with Gasteiger partial charge in [-0.1, -0.05) is 72.8 Å². The summed E-state index contributed by atoms with van der Waals surface area (Å²) in [5.41, 5.74) is 4.51. The number of Topliss-reactive ketones (excluding diaryl/α,β-unsaturated/α-hetero) is 1. The molecular formula is C22H19NO. The van der Waals surface area contributed by atoms with Crippen molar-refractivity contribution in [3.8, 4) is 0 Å². The smallest absolute Gasteiger partial charge is 0.168 e. The summed E-state index contributed by atoms with van der Waals surface area (Å²) in [5.74, 6) is 0.0773. The minimum atomic E-state index is 0.0773. The van der Waals surface area contributed by atoms with Crippen molar-refractivity contribution in [2.75, 3.05) is 0 Å². The highest BCUT2D eigenvalue weighted by Crippen LogP contribution is 2.19. The number of para-hydroxylation sites is 1. The summed E-state index contributed by atoms with van der Waals surface area (Å²) < 4.78 is 0. The number of benzene rings is 3. The molecule has 0 atom stereocenters. The molecular weight excluding hydrogens is 294 g/mol. The van der Waals surface area contributed by atoms with Gasteiger partial charge in [0.25, 0.3) is 0 Å². The van der Waals surface area contributed by atoms with E-state index in [4.69, 9.17) is 4.99 Å². The van der Waals surface area contributed by atoms with Gasteiger partial charge >= 0.3 is 0 Å². The van der Waals surface area contributed by atoms with Crippen LogP contribution in [0.3, 0.4) is 0 Å². The standard InChI is InChI=1S/C22H19NO/c1-17-10-8-9-15-20(17)21(23-19-13-6-3-7-14-19)16-22(24)18-11-4-2-5-12-18/h2-15H,16H2,1H3. The molecule has 0 aliphatic rings.